The molecular formula is C22H24N2O6. The molecule has 2 aromatic heterocycles. The number of carbonyl (C=O) groups excluding carboxylic acids is 2. The Morgan fingerprint density at radius 3 is 2.60 bits per heavy atom. The molecule has 0 saturated carbocycles. The number of ketones is 1. The maximum Gasteiger partial charge on any atom is 0.290 e. The van der Waals surface area contributed by atoms with E-state index in [0.717, 1.165) is 19.6 Å². The second-order valence-electron chi connectivity index (χ2n) is 7.20. The van der Waals surface area contributed by atoms with E-state index in [2.05, 4.69) is 4.90 Å². The van der Waals surface area contributed by atoms with Gasteiger partial charge in [-0.15, -0.1) is 0 Å². The van der Waals surface area contributed by atoms with Gasteiger partial charge in [0.15, 0.2) is 11.5 Å². The van der Waals surface area contributed by atoms with Crippen LogP contribution in [0.3, 0.4) is 0 Å². The largest absolute Gasteiger partial charge is 0.503 e. The van der Waals surface area contributed by atoms with E-state index in [-0.39, 0.29) is 5.57 Å². The van der Waals surface area contributed by atoms with E-state index in [1.54, 1.807) is 24.3 Å². The summed E-state index contributed by atoms with van der Waals surface area (Å²) in [6.45, 7) is 4.34. The van der Waals surface area contributed by atoms with Crippen LogP contribution in [-0.2, 0) is 14.3 Å². The first-order valence-electron chi connectivity index (χ1n) is 9.98. The van der Waals surface area contributed by atoms with Gasteiger partial charge in [-0.25, -0.2) is 0 Å². The van der Waals surface area contributed by atoms with Gasteiger partial charge >= 0.3 is 0 Å². The summed E-state index contributed by atoms with van der Waals surface area (Å²) in [5, 5.41) is 10.5. The van der Waals surface area contributed by atoms with Gasteiger partial charge in [-0.2, -0.15) is 0 Å². The predicted molar refractivity (Wildman–Crippen MR) is 107 cm³/mol. The predicted octanol–water partition coefficient (Wildman–Crippen LogP) is 2.57. The number of amides is 1. The van der Waals surface area contributed by atoms with Crippen LogP contribution < -0.4 is 0 Å². The minimum absolute atomic E-state index is 0.0177. The van der Waals surface area contributed by atoms with Crippen LogP contribution in [0.25, 0.3) is 6.08 Å². The van der Waals surface area contributed by atoms with Crippen LogP contribution in [0, 0.1) is 0 Å². The van der Waals surface area contributed by atoms with Gasteiger partial charge in [0.25, 0.3) is 5.91 Å². The normalized spacial score (nSPS) is 20.6. The number of ether oxygens (including phenoxy) is 1. The molecule has 0 spiro atoms. The van der Waals surface area contributed by atoms with E-state index >= 15 is 0 Å². The molecule has 1 atom stereocenters. The molecule has 1 unspecified atom stereocenters. The summed E-state index contributed by atoms with van der Waals surface area (Å²) in [7, 11) is 0. The average molecular weight is 412 g/mol. The van der Waals surface area contributed by atoms with Gasteiger partial charge in [0, 0.05) is 26.2 Å². The van der Waals surface area contributed by atoms with Gasteiger partial charge in [-0.1, -0.05) is 0 Å². The second-order valence-corrected chi connectivity index (χ2v) is 7.20. The van der Waals surface area contributed by atoms with E-state index in [4.69, 9.17) is 13.6 Å². The molecule has 2 aliphatic rings. The van der Waals surface area contributed by atoms with Crippen molar-refractivity contribution in [3.8, 4) is 0 Å². The summed E-state index contributed by atoms with van der Waals surface area (Å²) in [5.41, 5.74) is 0.0177. The number of allylic oxidation sites excluding steroid dienone is 1. The third-order valence-electron chi connectivity index (χ3n) is 5.30. The lowest BCUT2D eigenvalue weighted by Crippen LogP contribution is -2.39. The summed E-state index contributed by atoms with van der Waals surface area (Å²) in [6, 6.07) is 6.06. The Kier molecular flexibility index (Phi) is 6.15. The molecule has 1 fully saturated rings. The standard InChI is InChI=1S/C22H24N2O6/c25-17(7-6-16-4-1-12-29-16)19-20(18-5-2-13-30-18)24(22(27)21(19)26)9-3-8-23-10-14-28-15-11-23/h1-2,4-7,12-13,20,26H,3,8-11,14-15H2/b7-6+. The van der Waals surface area contributed by atoms with Crippen LogP contribution in [0.15, 0.2) is 63.0 Å². The highest BCUT2D eigenvalue weighted by Gasteiger charge is 2.44. The molecule has 4 rings (SSSR count). The van der Waals surface area contributed by atoms with Crippen LogP contribution >= 0.6 is 0 Å². The van der Waals surface area contributed by atoms with E-state index in [0.29, 0.717) is 37.7 Å². The fraction of sp³-hybridized carbons (Fsp3) is 0.364. The number of hydrogen-bond acceptors (Lipinski definition) is 7. The summed E-state index contributed by atoms with van der Waals surface area (Å²) in [6.07, 6.45) is 6.50. The van der Waals surface area contributed by atoms with Crippen LogP contribution in [0.4, 0.5) is 0 Å². The number of aliphatic hydroxyl groups excluding tert-OH is 1. The Labute approximate surface area is 174 Å². The third-order valence-corrected chi connectivity index (χ3v) is 5.30. The van der Waals surface area contributed by atoms with Crippen molar-refractivity contribution in [1.82, 2.24) is 9.80 Å². The molecule has 0 bridgehead atoms. The lowest BCUT2D eigenvalue weighted by Gasteiger charge is -2.29. The van der Waals surface area contributed by atoms with Crippen LogP contribution in [0.2, 0.25) is 0 Å². The summed E-state index contributed by atoms with van der Waals surface area (Å²) in [4.78, 5) is 29.4. The molecule has 0 aromatic carbocycles. The van der Waals surface area contributed by atoms with Gasteiger partial charge in [-0.3, -0.25) is 14.5 Å². The first-order valence-corrected chi connectivity index (χ1v) is 9.98. The van der Waals surface area contributed by atoms with Gasteiger partial charge in [0.05, 0.1) is 31.3 Å². The molecule has 8 nitrogen and oxygen atoms in total. The van der Waals surface area contributed by atoms with Crippen molar-refractivity contribution in [2.45, 2.75) is 12.5 Å². The monoisotopic (exact) mass is 412 g/mol. The van der Waals surface area contributed by atoms with Crippen molar-refractivity contribution in [2.24, 2.45) is 0 Å². The summed E-state index contributed by atoms with van der Waals surface area (Å²) >= 11 is 0. The second kappa shape index (κ2) is 9.15. The highest BCUT2D eigenvalue weighted by molar-refractivity contribution is 6.14. The molecule has 2 aliphatic heterocycles. The molecule has 0 aliphatic carbocycles. The summed E-state index contributed by atoms with van der Waals surface area (Å²) < 4.78 is 16.1. The molecule has 8 heteroatoms. The number of nitrogens with zero attached hydrogens (tertiary/aromatic N) is 2. The Morgan fingerprint density at radius 2 is 1.90 bits per heavy atom. The van der Waals surface area contributed by atoms with E-state index in [1.807, 2.05) is 0 Å². The van der Waals surface area contributed by atoms with Crippen LogP contribution in [0.1, 0.15) is 24.0 Å². The average Bonchev–Trinajstić information content (AvgIpc) is 3.51. The van der Waals surface area contributed by atoms with Crippen molar-refractivity contribution < 1.29 is 28.3 Å². The number of aliphatic hydroxyl groups is 1. The van der Waals surface area contributed by atoms with Gasteiger partial charge < -0.3 is 23.6 Å². The van der Waals surface area contributed by atoms with Crippen LogP contribution in [0.5, 0.6) is 0 Å². The first kappa shape index (κ1) is 20.2. The molecule has 1 amide bonds. The number of furan rings is 2. The molecule has 2 aromatic rings. The van der Waals surface area contributed by atoms with Gasteiger partial charge in [0.2, 0.25) is 0 Å². The van der Waals surface area contributed by atoms with E-state index in [1.165, 1.54) is 29.6 Å². The zero-order chi connectivity index (χ0) is 20.9. The minimum Gasteiger partial charge on any atom is -0.503 e. The van der Waals surface area contributed by atoms with Crippen molar-refractivity contribution in [3.63, 3.8) is 0 Å². The SMILES string of the molecule is O=C(/C=C/c1ccco1)C1=C(O)C(=O)N(CCCN2CCOCC2)C1c1ccco1. The molecule has 30 heavy (non-hydrogen) atoms. The summed E-state index contributed by atoms with van der Waals surface area (Å²) in [5.74, 6) is -0.613. The fourth-order valence-electron chi connectivity index (χ4n) is 3.80. The minimum atomic E-state index is -0.758. The first-order chi connectivity index (χ1) is 14.6. The topological polar surface area (TPSA) is 96.4 Å². The molecule has 1 saturated heterocycles. The smallest absolute Gasteiger partial charge is 0.290 e. The third kappa shape index (κ3) is 4.24. The zero-order valence-corrected chi connectivity index (χ0v) is 16.5. The van der Waals surface area contributed by atoms with Crippen LogP contribution in [-0.4, -0.2) is 66.0 Å². The van der Waals surface area contributed by atoms with E-state index in [9.17, 15) is 14.7 Å². The molecule has 158 valence electrons. The quantitative estimate of drug-likeness (QED) is 0.666. The Hall–Kier alpha value is -3.10. The highest BCUT2D eigenvalue weighted by Crippen LogP contribution is 2.38. The molecular weight excluding hydrogens is 388 g/mol. The number of morpholine rings is 1. The van der Waals surface area contributed by atoms with Gasteiger partial charge in [-0.05, 0) is 42.8 Å². The molecule has 0 radical (unpaired) electrons. The molecule has 1 N–H and O–H groups in total. The Bertz CT molecular complexity index is 923. The van der Waals surface area contributed by atoms with Crippen molar-refractivity contribution in [1.29, 1.82) is 0 Å². The number of hydrogen-bond donors (Lipinski definition) is 1. The van der Waals surface area contributed by atoms with E-state index < -0.39 is 23.5 Å². The Morgan fingerprint density at radius 1 is 1.13 bits per heavy atom. The zero-order valence-electron chi connectivity index (χ0n) is 16.5. The van der Waals surface area contributed by atoms with Gasteiger partial charge in [0.1, 0.15) is 17.6 Å². The number of rotatable bonds is 8. The lowest BCUT2D eigenvalue weighted by molar-refractivity contribution is -0.129. The molecule has 4 heterocycles. The fourth-order valence-corrected chi connectivity index (χ4v) is 3.80. The van der Waals surface area contributed by atoms with Crippen molar-refractivity contribution in [3.05, 3.63) is 65.7 Å². The maximum absolute atomic E-state index is 12.9. The van der Waals surface area contributed by atoms with Crippen molar-refractivity contribution in [2.75, 3.05) is 39.4 Å². The highest BCUT2D eigenvalue weighted by atomic mass is 16.5. The Balaban J connectivity index is 1.51. The lowest BCUT2D eigenvalue weighted by atomic mass is 10.0. The van der Waals surface area contributed by atoms with Crippen molar-refractivity contribution >= 4 is 17.8 Å². The maximum atomic E-state index is 12.9. The number of carbonyl (C=O) groups is 2.